The Bertz CT molecular complexity index is 1100. The van der Waals surface area contributed by atoms with Crippen molar-refractivity contribution in [2.75, 3.05) is 17.9 Å². The number of ether oxygens (including phenoxy) is 2. The second-order valence-corrected chi connectivity index (χ2v) is 8.35. The Kier molecular flexibility index (Phi) is 5.15. The van der Waals surface area contributed by atoms with E-state index in [-0.39, 0.29) is 15.6 Å². The lowest BCUT2D eigenvalue weighted by Gasteiger charge is -2.15. The molecule has 28 heavy (non-hydrogen) atoms. The van der Waals surface area contributed by atoms with Crippen LogP contribution in [0.25, 0.3) is 11.1 Å². The highest BCUT2D eigenvalue weighted by molar-refractivity contribution is 7.92. The number of fused-ring (bicyclic) bond motifs is 1. The fourth-order valence-electron chi connectivity index (χ4n) is 3.02. The predicted octanol–water partition coefficient (Wildman–Crippen LogP) is 4.97. The van der Waals surface area contributed by atoms with E-state index >= 15 is 0 Å². The van der Waals surface area contributed by atoms with Gasteiger partial charge in [0.15, 0.2) is 11.5 Å². The van der Waals surface area contributed by atoms with Crippen molar-refractivity contribution in [2.24, 2.45) is 0 Å². The molecule has 4 rings (SSSR count). The number of hydrogen-bond acceptors (Lipinski definition) is 4. The van der Waals surface area contributed by atoms with Gasteiger partial charge in [-0.1, -0.05) is 60.1 Å². The van der Waals surface area contributed by atoms with Crippen LogP contribution in [0.2, 0.25) is 5.02 Å². The highest BCUT2D eigenvalue weighted by Gasteiger charge is 2.22. The molecule has 0 saturated heterocycles. The van der Waals surface area contributed by atoms with Gasteiger partial charge < -0.3 is 9.47 Å². The van der Waals surface area contributed by atoms with Gasteiger partial charge in [-0.2, -0.15) is 0 Å². The van der Waals surface area contributed by atoms with Gasteiger partial charge in [-0.15, -0.1) is 0 Å². The SMILES string of the molecule is O=S(=O)(Nc1cc2c(cc1Cl)OCCCO2)c1ccccc1-c1ccccc1. The second-order valence-electron chi connectivity index (χ2n) is 6.30. The van der Waals surface area contributed by atoms with E-state index in [1.54, 1.807) is 30.3 Å². The van der Waals surface area contributed by atoms with Crippen molar-refractivity contribution in [2.45, 2.75) is 11.3 Å². The molecule has 0 atom stereocenters. The molecule has 0 saturated carbocycles. The van der Waals surface area contributed by atoms with Crippen LogP contribution in [0.4, 0.5) is 5.69 Å². The summed E-state index contributed by atoms with van der Waals surface area (Å²) in [6.45, 7) is 1.02. The third-order valence-corrected chi connectivity index (χ3v) is 6.08. The first-order chi connectivity index (χ1) is 13.5. The average molecular weight is 416 g/mol. The molecule has 0 aromatic heterocycles. The molecule has 144 valence electrons. The quantitative estimate of drug-likeness (QED) is 0.653. The number of sulfonamides is 1. The topological polar surface area (TPSA) is 64.6 Å². The van der Waals surface area contributed by atoms with Crippen LogP contribution in [0, 0.1) is 0 Å². The van der Waals surface area contributed by atoms with Gasteiger partial charge in [0.25, 0.3) is 10.0 Å². The van der Waals surface area contributed by atoms with Crippen LogP contribution in [0.1, 0.15) is 6.42 Å². The Morgan fingerprint density at radius 3 is 2.25 bits per heavy atom. The van der Waals surface area contributed by atoms with Crippen LogP contribution in [0.3, 0.4) is 0 Å². The molecule has 1 aliphatic rings. The third-order valence-electron chi connectivity index (χ3n) is 4.34. The molecule has 0 fully saturated rings. The average Bonchev–Trinajstić information content (AvgIpc) is 2.94. The summed E-state index contributed by atoms with van der Waals surface area (Å²) < 4.78 is 40.1. The number of benzene rings is 3. The number of halogens is 1. The molecule has 1 N–H and O–H groups in total. The van der Waals surface area contributed by atoms with E-state index in [0.29, 0.717) is 30.3 Å². The van der Waals surface area contributed by atoms with Gasteiger partial charge in [0.1, 0.15) is 0 Å². The molecule has 3 aromatic carbocycles. The van der Waals surface area contributed by atoms with Gasteiger partial charge >= 0.3 is 0 Å². The molecule has 0 amide bonds. The van der Waals surface area contributed by atoms with Crippen molar-refractivity contribution in [3.63, 3.8) is 0 Å². The number of nitrogens with one attached hydrogen (secondary N) is 1. The molecule has 0 radical (unpaired) electrons. The summed E-state index contributed by atoms with van der Waals surface area (Å²) in [5, 5.41) is 0.241. The molecule has 1 heterocycles. The van der Waals surface area contributed by atoms with Crippen molar-refractivity contribution in [1.29, 1.82) is 0 Å². The first kappa shape index (κ1) is 18.7. The van der Waals surface area contributed by atoms with Crippen molar-refractivity contribution in [1.82, 2.24) is 0 Å². The zero-order valence-corrected chi connectivity index (χ0v) is 16.5. The van der Waals surface area contributed by atoms with E-state index in [9.17, 15) is 8.42 Å². The van der Waals surface area contributed by atoms with Crippen molar-refractivity contribution < 1.29 is 17.9 Å². The number of rotatable bonds is 4. The lowest BCUT2D eigenvalue weighted by Crippen LogP contribution is -2.14. The molecule has 0 bridgehead atoms. The van der Waals surface area contributed by atoms with E-state index < -0.39 is 10.0 Å². The summed E-state index contributed by atoms with van der Waals surface area (Å²) in [4.78, 5) is 0.171. The summed E-state index contributed by atoms with van der Waals surface area (Å²) in [5.74, 6) is 0.978. The Hall–Kier alpha value is -2.70. The minimum Gasteiger partial charge on any atom is -0.490 e. The van der Waals surface area contributed by atoms with Crippen molar-refractivity contribution >= 4 is 27.3 Å². The first-order valence-corrected chi connectivity index (χ1v) is 10.7. The van der Waals surface area contributed by atoms with Crippen LogP contribution < -0.4 is 14.2 Å². The van der Waals surface area contributed by atoms with Crippen LogP contribution in [0.5, 0.6) is 11.5 Å². The summed E-state index contributed by atoms with van der Waals surface area (Å²) in [6, 6.07) is 19.3. The summed E-state index contributed by atoms with van der Waals surface area (Å²) in [5.41, 5.74) is 1.67. The van der Waals surface area contributed by atoms with E-state index in [2.05, 4.69) is 4.72 Å². The summed E-state index contributed by atoms with van der Waals surface area (Å²) in [6.07, 6.45) is 0.748. The lowest BCUT2D eigenvalue weighted by atomic mass is 10.1. The Labute approximate surface area is 168 Å². The van der Waals surface area contributed by atoms with Crippen LogP contribution >= 0.6 is 11.6 Å². The fraction of sp³-hybridized carbons (Fsp3) is 0.143. The first-order valence-electron chi connectivity index (χ1n) is 8.81. The van der Waals surface area contributed by atoms with E-state index in [4.69, 9.17) is 21.1 Å². The molecule has 0 spiro atoms. The monoisotopic (exact) mass is 415 g/mol. The van der Waals surface area contributed by atoms with E-state index in [0.717, 1.165) is 12.0 Å². The van der Waals surface area contributed by atoms with Crippen LogP contribution in [-0.2, 0) is 10.0 Å². The van der Waals surface area contributed by atoms with Gasteiger partial charge in [0, 0.05) is 24.1 Å². The van der Waals surface area contributed by atoms with Gasteiger partial charge in [-0.25, -0.2) is 8.42 Å². The Morgan fingerprint density at radius 1 is 0.857 bits per heavy atom. The number of hydrogen-bond donors (Lipinski definition) is 1. The second kappa shape index (κ2) is 7.73. The van der Waals surface area contributed by atoms with Crippen molar-refractivity contribution in [3.8, 4) is 22.6 Å². The molecular weight excluding hydrogens is 398 g/mol. The normalized spacial score (nSPS) is 13.6. The molecule has 3 aromatic rings. The number of anilines is 1. The molecule has 0 unspecified atom stereocenters. The Balaban J connectivity index is 1.73. The van der Waals surface area contributed by atoms with E-state index in [1.807, 2.05) is 36.4 Å². The van der Waals surface area contributed by atoms with Crippen molar-refractivity contribution in [3.05, 3.63) is 71.8 Å². The minimum absolute atomic E-state index is 0.171. The van der Waals surface area contributed by atoms with Gasteiger partial charge in [-0.05, 0) is 11.6 Å². The highest BCUT2D eigenvalue weighted by Crippen LogP contribution is 2.39. The summed E-state index contributed by atoms with van der Waals surface area (Å²) >= 11 is 6.30. The van der Waals surface area contributed by atoms with Gasteiger partial charge in [-0.3, -0.25) is 4.72 Å². The lowest BCUT2D eigenvalue weighted by molar-refractivity contribution is 0.297. The highest BCUT2D eigenvalue weighted by atomic mass is 35.5. The zero-order chi connectivity index (χ0) is 19.6. The maximum absolute atomic E-state index is 13.1. The molecule has 5 nitrogen and oxygen atoms in total. The van der Waals surface area contributed by atoms with Gasteiger partial charge in [0.05, 0.1) is 28.8 Å². The maximum atomic E-state index is 13.1. The molecule has 1 aliphatic heterocycles. The van der Waals surface area contributed by atoms with Crippen LogP contribution in [-0.4, -0.2) is 21.6 Å². The largest absolute Gasteiger partial charge is 0.490 e. The zero-order valence-electron chi connectivity index (χ0n) is 14.9. The Morgan fingerprint density at radius 2 is 1.50 bits per heavy atom. The summed E-state index contributed by atoms with van der Waals surface area (Å²) in [7, 11) is -3.88. The molecule has 7 heteroatoms. The smallest absolute Gasteiger partial charge is 0.262 e. The molecule has 0 aliphatic carbocycles. The molecular formula is C21H18ClNO4S. The maximum Gasteiger partial charge on any atom is 0.262 e. The standard InChI is InChI=1S/C21H18ClNO4S/c22-17-13-19-20(27-12-6-11-26-19)14-18(17)23-28(24,25)21-10-5-4-9-16(21)15-7-2-1-3-8-15/h1-5,7-10,13-14,23H,6,11-12H2. The fourth-order valence-corrected chi connectivity index (χ4v) is 4.58. The third kappa shape index (κ3) is 3.79. The van der Waals surface area contributed by atoms with Gasteiger partial charge in [0.2, 0.25) is 0 Å². The van der Waals surface area contributed by atoms with E-state index in [1.165, 1.54) is 0 Å². The predicted molar refractivity (Wildman–Crippen MR) is 110 cm³/mol. The minimum atomic E-state index is -3.88. The van der Waals surface area contributed by atoms with Crippen LogP contribution in [0.15, 0.2) is 71.6 Å².